The molecular weight excluding hydrogens is 200 g/mol. The number of amides is 3. The van der Waals surface area contributed by atoms with Crippen LogP contribution in [0.1, 0.15) is 0 Å². The first-order valence-electron chi connectivity index (χ1n) is 2.99. The van der Waals surface area contributed by atoms with Gasteiger partial charge in [0.15, 0.2) is 0 Å². The minimum absolute atomic E-state index is 0.135. The molecule has 0 aliphatic heterocycles. The van der Waals surface area contributed by atoms with E-state index >= 15 is 0 Å². The van der Waals surface area contributed by atoms with Gasteiger partial charge in [0.2, 0.25) is 0 Å². The summed E-state index contributed by atoms with van der Waals surface area (Å²) in [5, 5.41) is 0. The Bertz CT molecular complexity index is 239. The van der Waals surface area contributed by atoms with Crippen LogP contribution in [0.3, 0.4) is 0 Å². The van der Waals surface area contributed by atoms with Crippen molar-refractivity contribution in [1.82, 2.24) is 4.31 Å². The Morgan fingerprint density at radius 3 is 2.54 bits per heavy atom. The van der Waals surface area contributed by atoms with E-state index < -0.39 is 23.4 Å². The normalized spacial score (nSPS) is 11.5. The molecule has 13 heavy (non-hydrogen) atoms. The number of hydrogen-bond donors (Lipinski definition) is 2. The molecule has 0 fully saturated rings. The topological polar surface area (TPSA) is 110 Å². The third-order valence-corrected chi connectivity index (χ3v) is 1.49. The summed E-state index contributed by atoms with van der Waals surface area (Å²) in [5.41, 5.74) is 4.62. The fourth-order valence-electron chi connectivity index (χ4n) is 0.420. The van der Waals surface area contributed by atoms with Gasteiger partial charge in [0.05, 0.1) is 0 Å². The van der Waals surface area contributed by atoms with Crippen LogP contribution >= 0.6 is 0 Å². The molecule has 0 aromatic carbocycles. The lowest BCUT2D eigenvalue weighted by atomic mass is 10.7. The van der Waals surface area contributed by atoms with Gasteiger partial charge in [-0.2, -0.15) is 0 Å². The Kier molecular flexibility index (Phi) is 4.70. The average Bonchev–Trinajstić information content (AvgIpc) is 1.99. The van der Waals surface area contributed by atoms with Gasteiger partial charge >= 0.3 is 12.1 Å². The molecular formula is C5H8N2O5S. The van der Waals surface area contributed by atoms with Crippen molar-refractivity contribution in [2.45, 2.75) is 0 Å². The second-order valence-electron chi connectivity index (χ2n) is 1.73. The monoisotopic (exact) mass is 208 g/mol. The first kappa shape index (κ1) is 11.6. The van der Waals surface area contributed by atoms with E-state index in [9.17, 15) is 13.8 Å². The summed E-state index contributed by atoms with van der Waals surface area (Å²) in [7, 11) is 0. The van der Waals surface area contributed by atoms with Gasteiger partial charge < -0.3 is 10.5 Å². The van der Waals surface area contributed by atoms with Crippen LogP contribution < -0.4 is 5.73 Å². The van der Waals surface area contributed by atoms with E-state index in [1.165, 1.54) is 6.08 Å². The van der Waals surface area contributed by atoms with E-state index in [1.54, 1.807) is 0 Å². The predicted octanol–water partition coefficient (Wildman–Crippen LogP) is -0.174. The highest BCUT2D eigenvalue weighted by Gasteiger charge is 2.25. The molecule has 0 heterocycles. The number of urea groups is 1. The maximum Gasteiger partial charge on any atom is 0.432 e. The highest BCUT2D eigenvalue weighted by atomic mass is 32.2. The van der Waals surface area contributed by atoms with E-state index in [4.69, 9.17) is 4.55 Å². The Hall–Kier alpha value is -1.41. The quantitative estimate of drug-likeness (QED) is 0.494. The lowest BCUT2D eigenvalue weighted by molar-refractivity contribution is 0.140. The van der Waals surface area contributed by atoms with E-state index in [2.05, 4.69) is 17.0 Å². The van der Waals surface area contributed by atoms with Crippen LogP contribution in [0.15, 0.2) is 12.7 Å². The number of nitrogens with two attached hydrogens (primary N) is 1. The summed E-state index contributed by atoms with van der Waals surface area (Å²) in [6, 6.07) is -1.37. The fraction of sp³-hybridized carbons (Fsp3) is 0.200. The summed E-state index contributed by atoms with van der Waals surface area (Å²) in [6.07, 6.45) is -0.0644. The molecule has 3 N–H and O–H groups in total. The van der Waals surface area contributed by atoms with Gasteiger partial charge in [-0.1, -0.05) is 12.7 Å². The molecule has 0 spiro atoms. The lowest BCUT2D eigenvalue weighted by Gasteiger charge is -2.11. The van der Waals surface area contributed by atoms with Crippen molar-refractivity contribution in [1.29, 1.82) is 0 Å². The number of nitrogens with zero attached hydrogens (tertiary/aromatic N) is 1. The zero-order valence-electron chi connectivity index (χ0n) is 6.50. The molecule has 1 atom stereocenters. The molecule has 0 aromatic rings. The third kappa shape index (κ3) is 3.67. The average molecular weight is 208 g/mol. The van der Waals surface area contributed by atoms with Crippen LogP contribution in [-0.2, 0) is 16.0 Å². The highest BCUT2D eigenvalue weighted by Crippen LogP contribution is 1.96. The van der Waals surface area contributed by atoms with Crippen molar-refractivity contribution in [3.63, 3.8) is 0 Å². The van der Waals surface area contributed by atoms with Gasteiger partial charge in [-0.3, -0.25) is 4.55 Å². The summed E-state index contributed by atoms with van der Waals surface area (Å²) in [4.78, 5) is 21.2. The van der Waals surface area contributed by atoms with Crippen molar-refractivity contribution < 1.29 is 23.1 Å². The maximum absolute atomic E-state index is 10.8. The summed E-state index contributed by atoms with van der Waals surface area (Å²) >= 11 is -2.82. The van der Waals surface area contributed by atoms with Crippen molar-refractivity contribution in [3.8, 4) is 0 Å². The molecule has 8 heteroatoms. The zero-order valence-corrected chi connectivity index (χ0v) is 7.32. The predicted molar refractivity (Wildman–Crippen MR) is 43.7 cm³/mol. The largest absolute Gasteiger partial charge is 0.444 e. The van der Waals surface area contributed by atoms with Crippen LogP contribution in [0, 0.1) is 0 Å². The summed E-state index contributed by atoms with van der Waals surface area (Å²) in [5.74, 6) is 0. The molecule has 0 saturated heterocycles. The first-order valence-corrected chi connectivity index (χ1v) is 4.05. The first-order chi connectivity index (χ1) is 6.00. The SMILES string of the molecule is C=CCOC(=O)N(C(N)=O)S(=O)O. The number of imide groups is 1. The second kappa shape index (κ2) is 5.27. The molecule has 74 valence electrons. The van der Waals surface area contributed by atoms with Crippen LogP contribution in [0.25, 0.3) is 0 Å². The van der Waals surface area contributed by atoms with Gasteiger partial charge in [-0.15, -0.1) is 4.31 Å². The minimum atomic E-state index is -2.82. The zero-order chi connectivity index (χ0) is 10.4. The Balaban J connectivity index is 4.38. The smallest absolute Gasteiger partial charge is 0.432 e. The van der Waals surface area contributed by atoms with Crippen LogP contribution in [-0.4, -0.2) is 31.8 Å². The Morgan fingerprint density at radius 1 is 1.69 bits per heavy atom. The van der Waals surface area contributed by atoms with Crippen molar-refractivity contribution >= 4 is 23.4 Å². The number of primary amides is 1. The summed E-state index contributed by atoms with van der Waals surface area (Å²) < 4.78 is 22.9. The number of ether oxygens (including phenoxy) is 1. The van der Waals surface area contributed by atoms with Crippen molar-refractivity contribution in [2.24, 2.45) is 5.73 Å². The van der Waals surface area contributed by atoms with Crippen LogP contribution in [0.5, 0.6) is 0 Å². The molecule has 0 aromatic heterocycles. The number of hydrogen-bond acceptors (Lipinski definition) is 4. The number of carbonyl (C=O) groups is 2. The van der Waals surface area contributed by atoms with Gasteiger partial charge in [0.25, 0.3) is 11.3 Å². The lowest BCUT2D eigenvalue weighted by Crippen LogP contribution is -2.42. The summed E-state index contributed by atoms with van der Waals surface area (Å²) in [6.45, 7) is 3.05. The van der Waals surface area contributed by atoms with Crippen LogP contribution in [0.4, 0.5) is 9.59 Å². The van der Waals surface area contributed by atoms with E-state index in [1.807, 2.05) is 0 Å². The molecule has 0 saturated carbocycles. The molecule has 0 bridgehead atoms. The third-order valence-electron chi connectivity index (χ3n) is 0.847. The highest BCUT2D eigenvalue weighted by molar-refractivity contribution is 7.78. The molecule has 0 radical (unpaired) electrons. The van der Waals surface area contributed by atoms with Crippen LogP contribution in [0.2, 0.25) is 0 Å². The van der Waals surface area contributed by atoms with Gasteiger partial charge in [-0.25, -0.2) is 13.8 Å². The van der Waals surface area contributed by atoms with Gasteiger partial charge in [-0.05, 0) is 0 Å². The molecule has 1 unspecified atom stereocenters. The van der Waals surface area contributed by atoms with Crippen molar-refractivity contribution in [3.05, 3.63) is 12.7 Å². The second-order valence-corrected chi connectivity index (χ2v) is 2.56. The van der Waals surface area contributed by atoms with Crippen molar-refractivity contribution in [2.75, 3.05) is 6.61 Å². The fourth-order valence-corrected chi connectivity index (χ4v) is 0.754. The number of rotatable bonds is 3. The molecule has 0 rings (SSSR count). The minimum Gasteiger partial charge on any atom is -0.444 e. The van der Waals surface area contributed by atoms with E-state index in [0.29, 0.717) is 0 Å². The Morgan fingerprint density at radius 2 is 2.23 bits per heavy atom. The molecule has 0 aliphatic carbocycles. The standard InChI is InChI=1S/C5H8N2O5S/c1-2-3-12-5(9)7(4(6)8)13(10)11/h2H,1,3H2,(H2,6,8)(H,10,11). The van der Waals surface area contributed by atoms with Gasteiger partial charge in [0.1, 0.15) is 6.61 Å². The van der Waals surface area contributed by atoms with E-state index in [-0.39, 0.29) is 10.9 Å². The van der Waals surface area contributed by atoms with Gasteiger partial charge in [0, 0.05) is 0 Å². The van der Waals surface area contributed by atoms with E-state index in [0.717, 1.165) is 0 Å². The molecule has 7 nitrogen and oxygen atoms in total. The number of carbonyl (C=O) groups excluding carboxylic acids is 2. The Labute approximate surface area is 76.6 Å². The molecule has 3 amide bonds. The molecule has 0 aliphatic rings. The maximum atomic E-state index is 10.8.